The predicted octanol–water partition coefficient (Wildman–Crippen LogP) is 5.09. The number of piperazine rings is 1. The second-order valence-corrected chi connectivity index (χ2v) is 13.0. The van der Waals surface area contributed by atoms with Gasteiger partial charge >= 0.3 is 6.18 Å². The molecule has 0 unspecified atom stereocenters. The van der Waals surface area contributed by atoms with Gasteiger partial charge in [-0.15, -0.1) is 0 Å². The molecule has 1 saturated carbocycles. The van der Waals surface area contributed by atoms with E-state index in [-0.39, 0.29) is 29.5 Å². The molecule has 2 aromatic carbocycles. The molecule has 2 aliphatic heterocycles. The number of alkyl halides is 3. The maximum atomic E-state index is 14.1. The van der Waals surface area contributed by atoms with Crippen molar-refractivity contribution in [2.24, 2.45) is 5.92 Å². The Hall–Kier alpha value is -4.06. The fraction of sp³-hybridized carbons (Fsp3) is 0.500. The minimum Gasteiger partial charge on any atom is -0.478 e. The summed E-state index contributed by atoms with van der Waals surface area (Å²) in [7, 11) is 0. The van der Waals surface area contributed by atoms with Gasteiger partial charge in [-0.2, -0.15) is 18.3 Å². The van der Waals surface area contributed by atoms with Gasteiger partial charge in [-0.1, -0.05) is 24.3 Å². The van der Waals surface area contributed by atoms with Crippen LogP contribution >= 0.6 is 0 Å². The molecule has 2 N–H and O–H groups in total. The van der Waals surface area contributed by atoms with E-state index in [4.69, 9.17) is 4.74 Å². The van der Waals surface area contributed by atoms with Crippen molar-refractivity contribution in [2.45, 2.75) is 63.9 Å². The topological polar surface area (TPSA) is 93.8 Å². The Kier molecular flexibility index (Phi) is 9.00. The third kappa shape index (κ3) is 7.32. The SMILES string of the molecule is CC(C)(Oc1cc(N2CCC[C@@H](C(=O)N(Cc3ccc(-c4cn[nH]c4)cc3)C3CC3)C2)cc(C(F)(F)F)c1)C(=O)N1CCNCC1. The predicted molar refractivity (Wildman–Crippen MR) is 168 cm³/mol. The van der Waals surface area contributed by atoms with E-state index in [0.717, 1.165) is 41.7 Å². The van der Waals surface area contributed by atoms with Crippen LogP contribution in [0.15, 0.2) is 54.9 Å². The fourth-order valence-electron chi connectivity index (χ4n) is 6.40. The highest BCUT2D eigenvalue weighted by molar-refractivity contribution is 5.85. The number of aromatic amines is 1. The smallest absolute Gasteiger partial charge is 0.416 e. The van der Waals surface area contributed by atoms with Crippen LogP contribution in [0.2, 0.25) is 0 Å². The van der Waals surface area contributed by atoms with Gasteiger partial charge in [-0.3, -0.25) is 14.7 Å². The monoisotopic (exact) mass is 638 g/mol. The third-order valence-corrected chi connectivity index (χ3v) is 9.06. The Labute approximate surface area is 267 Å². The summed E-state index contributed by atoms with van der Waals surface area (Å²) in [4.78, 5) is 32.7. The lowest BCUT2D eigenvalue weighted by Crippen LogP contribution is -2.54. The minimum atomic E-state index is -4.61. The number of nitrogens with zero attached hydrogens (tertiary/aromatic N) is 4. The number of hydrogen-bond donors (Lipinski definition) is 2. The number of carbonyl (C=O) groups is 2. The molecule has 3 aliphatic rings. The lowest BCUT2D eigenvalue weighted by Gasteiger charge is -2.37. The molecule has 1 aromatic heterocycles. The number of rotatable bonds is 9. The molecule has 3 heterocycles. The first-order valence-corrected chi connectivity index (χ1v) is 16.0. The summed E-state index contributed by atoms with van der Waals surface area (Å²) in [5.41, 5.74) is 1.17. The van der Waals surface area contributed by atoms with Crippen molar-refractivity contribution in [1.29, 1.82) is 0 Å². The van der Waals surface area contributed by atoms with Crippen LogP contribution in [0.5, 0.6) is 5.75 Å². The standard InChI is InChI=1S/C34H41F3N6O3/c1-33(2,32(45)41-14-11-38-12-15-41)46-30-17-27(34(35,36)37)16-29(18-30)42-13-3-4-25(22-42)31(44)43(28-9-10-28)21-23-5-7-24(8-6-23)26-19-39-40-20-26/h5-8,16-20,25,28,38H,3-4,9-15,21-22H2,1-2H3,(H,39,40)/t25-/m1/s1. The average Bonchev–Trinajstić information content (AvgIpc) is 3.75. The molecule has 2 saturated heterocycles. The second kappa shape index (κ2) is 13.0. The molecule has 0 bridgehead atoms. The maximum absolute atomic E-state index is 14.1. The van der Waals surface area contributed by atoms with Crippen LogP contribution in [0.4, 0.5) is 18.9 Å². The molecular formula is C34H41F3N6O3. The number of benzene rings is 2. The Balaban J connectivity index is 1.18. The zero-order chi connectivity index (χ0) is 32.5. The molecule has 12 heteroatoms. The van der Waals surface area contributed by atoms with E-state index >= 15 is 0 Å². The van der Waals surface area contributed by atoms with Crippen LogP contribution < -0.4 is 15.0 Å². The van der Waals surface area contributed by atoms with E-state index in [2.05, 4.69) is 15.5 Å². The van der Waals surface area contributed by atoms with Crippen LogP contribution in [-0.4, -0.2) is 82.7 Å². The van der Waals surface area contributed by atoms with E-state index in [1.807, 2.05) is 40.3 Å². The van der Waals surface area contributed by atoms with Gasteiger partial charge in [0.1, 0.15) is 5.75 Å². The van der Waals surface area contributed by atoms with Gasteiger partial charge in [-0.05, 0) is 62.8 Å². The number of ether oxygens (including phenoxy) is 1. The molecule has 9 nitrogen and oxygen atoms in total. The van der Waals surface area contributed by atoms with E-state index in [1.165, 1.54) is 0 Å². The first kappa shape index (κ1) is 31.9. The molecule has 3 fully saturated rings. The molecule has 46 heavy (non-hydrogen) atoms. The van der Waals surface area contributed by atoms with Crippen molar-refractivity contribution in [1.82, 2.24) is 25.3 Å². The average molecular weight is 639 g/mol. The minimum absolute atomic E-state index is 0.0229. The summed E-state index contributed by atoms with van der Waals surface area (Å²) in [6.07, 6.45) is 2.23. The number of anilines is 1. The molecule has 0 radical (unpaired) electrons. The Morgan fingerprint density at radius 2 is 1.74 bits per heavy atom. The lowest BCUT2D eigenvalue weighted by atomic mass is 9.95. The van der Waals surface area contributed by atoms with Gasteiger partial charge in [0.25, 0.3) is 5.91 Å². The van der Waals surface area contributed by atoms with Crippen LogP contribution in [-0.2, 0) is 22.3 Å². The van der Waals surface area contributed by atoms with E-state index in [0.29, 0.717) is 64.3 Å². The van der Waals surface area contributed by atoms with Crippen molar-refractivity contribution in [2.75, 3.05) is 44.2 Å². The zero-order valence-electron chi connectivity index (χ0n) is 26.3. The number of nitrogens with one attached hydrogen (secondary N) is 2. The lowest BCUT2D eigenvalue weighted by molar-refractivity contribution is -0.146. The van der Waals surface area contributed by atoms with Gasteiger partial charge in [0.05, 0.1) is 17.7 Å². The molecule has 246 valence electrons. The second-order valence-electron chi connectivity index (χ2n) is 13.0. The van der Waals surface area contributed by atoms with E-state index in [9.17, 15) is 22.8 Å². The van der Waals surface area contributed by atoms with Crippen LogP contribution in [0.3, 0.4) is 0 Å². The first-order valence-electron chi connectivity index (χ1n) is 16.0. The number of halogens is 3. The molecule has 6 rings (SSSR count). The highest BCUT2D eigenvalue weighted by atomic mass is 19.4. The van der Waals surface area contributed by atoms with Crippen LogP contribution in [0, 0.1) is 5.92 Å². The van der Waals surface area contributed by atoms with Crippen molar-refractivity contribution < 1.29 is 27.5 Å². The van der Waals surface area contributed by atoms with Gasteiger partial charge < -0.3 is 24.8 Å². The van der Waals surface area contributed by atoms with Gasteiger partial charge in [0, 0.05) is 75.4 Å². The number of amides is 2. The van der Waals surface area contributed by atoms with Crippen LogP contribution in [0.1, 0.15) is 50.7 Å². The van der Waals surface area contributed by atoms with Crippen molar-refractivity contribution >= 4 is 17.5 Å². The molecule has 3 aromatic rings. The largest absolute Gasteiger partial charge is 0.478 e. The highest BCUT2D eigenvalue weighted by Gasteiger charge is 2.39. The maximum Gasteiger partial charge on any atom is 0.416 e. The molecular weight excluding hydrogens is 597 g/mol. The van der Waals surface area contributed by atoms with E-state index in [1.54, 1.807) is 31.0 Å². The Bertz CT molecular complexity index is 1520. The van der Waals surface area contributed by atoms with Crippen molar-refractivity contribution in [3.63, 3.8) is 0 Å². The Morgan fingerprint density at radius 3 is 2.39 bits per heavy atom. The van der Waals surface area contributed by atoms with E-state index < -0.39 is 17.3 Å². The molecule has 2 amide bonds. The number of aromatic nitrogens is 2. The molecule has 0 spiro atoms. The van der Waals surface area contributed by atoms with Gasteiger partial charge in [0.15, 0.2) is 5.60 Å². The summed E-state index contributed by atoms with van der Waals surface area (Å²) in [6.45, 7) is 6.83. The summed E-state index contributed by atoms with van der Waals surface area (Å²) in [5.74, 6) is -0.598. The number of hydrogen-bond acceptors (Lipinski definition) is 6. The fourth-order valence-corrected chi connectivity index (χ4v) is 6.40. The quantitative estimate of drug-likeness (QED) is 0.339. The summed E-state index contributed by atoms with van der Waals surface area (Å²) in [6, 6.07) is 11.9. The number of H-pyrrole nitrogens is 1. The van der Waals surface area contributed by atoms with Gasteiger partial charge in [0.2, 0.25) is 5.91 Å². The van der Waals surface area contributed by atoms with Crippen molar-refractivity contribution in [3.8, 4) is 16.9 Å². The first-order chi connectivity index (χ1) is 22.0. The summed E-state index contributed by atoms with van der Waals surface area (Å²) >= 11 is 0. The van der Waals surface area contributed by atoms with Crippen LogP contribution in [0.25, 0.3) is 11.1 Å². The molecule has 1 aliphatic carbocycles. The molecule has 1 atom stereocenters. The normalized spacial score (nSPS) is 19.2. The number of carbonyl (C=O) groups excluding carboxylic acids is 2. The number of piperidine rings is 1. The van der Waals surface area contributed by atoms with Gasteiger partial charge in [-0.25, -0.2) is 0 Å². The Morgan fingerprint density at radius 1 is 1.00 bits per heavy atom. The van der Waals surface area contributed by atoms with Crippen molar-refractivity contribution in [3.05, 3.63) is 66.0 Å². The third-order valence-electron chi connectivity index (χ3n) is 9.06. The summed E-state index contributed by atoms with van der Waals surface area (Å²) < 4.78 is 48.3. The zero-order valence-corrected chi connectivity index (χ0v) is 26.3. The summed E-state index contributed by atoms with van der Waals surface area (Å²) in [5, 5.41) is 10.0. The highest BCUT2D eigenvalue weighted by Crippen LogP contribution is 2.38.